The predicted octanol–water partition coefficient (Wildman–Crippen LogP) is 0.875. The lowest BCUT2D eigenvalue weighted by Gasteiger charge is -2.36. The third-order valence-electron chi connectivity index (χ3n) is 3.87. The number of furan rings is 1. The van der Waals surface area contributed by atoms with Crippen LogP contribution in [-0.4, -0.2) is 85.8 Å². The van der Waals surface area contributed by atoms with Gasteiger partial charge in [-0.1, -0.05) is 6.08 Å². The van der Waals surface area contributed by atoms with Crippen molar-refractivity contribution in [2.24, 2.45) is 4.99 Å². The average Bonchev–Trinajstić information content (AvgIpc) is 3.15. The van der Waals surface area contributed by atoms with Crippen molar-refractivity contribution in [3.05, 3.63) is 36.8 Å². The summed E-state index contributed by atoms with van der Waals surface area (Å²) < 4.78 is 5.17. The van der Waals surface area contributed by atoms with Gasteiger partial charge in [-0.15, -0.1) is 30.6 Å². The molecule has 1 aliphatic heterocycles. The van der Waals surface area contributed by atoms with E-state index in [4.69, 9.17) is 4.42 Å². The smallest absolute Gasteiger partial charge is 0.289 e. The summed E-state index contributed by atoms with van der Waals surface area (Å²) in [4.78, 5) is 33.8. The molecular weight excluding hydrogens is 449 g/mol. The fourth-order valence-corrected chi connectivity index (χ4v) is 2.39. The lowest BCUT2D eigenvalue weighted by Crippen LogP contribution is -2.54. The van der Waals surface area contributed by atoms with Crippen molar-refractivity contribution in [2.45, 2.75) is 0 Å². The summed E-state index contributed by atoms with van der Waals surface area (Å²) in [5, 5.41) is 3.17. The first kappa shape index (κ1) is 22.0. The number of halogens is 1. The molecule has 1 aromatic heterocycles. The Balaban J connectivity index is 0.00000338. The van der Waals surface area contributed by atoms with E-state index in [1.165, 1.54) is 11.2 Å². The molecule has 9 heteroatoms. The van der Waals surface area contributed by atoms with Crippen LogP contribution in [0.15, 0.2) is 40.5 Å². The Morgan fingerprint density at radius 3 is 2.50 bits per heavy atom. The molecular formula is C17H26IN5O3. The number of rotatable bonds is 5. The molecule has 1 aromatic rings. The van der Waals surface area contributed by atoms with Gasteiger partial charge in [0.15, 0.2) is 11.7 Å². The number of nitrogens with zero attached hydrogens (tertiary/aromatic N) is 4. The molecule has 0 radical (unpaired) electrons. The monoisotopic (exact) mass is 475 g/mol. The van der Waals surface area contributed by atoms with Gasteiger partial charge in [0.25, 0.3) is 5.91 Å². The second kappa shape index (κ2) is 10.8. The van der Waals surface area contributed by atoms with Gasteiger partial charge in [-0.05, 0) is 12.1 Å². The van der Waals surface area contributed by atoms with Crippen LogP contribution in [0.1, 0.15) is 10.6 Å². The summed E-state index contributed by atoms with van der Waals surface area (Å²) in [6.07, 6.45) is 3.23. The van der Waals surface area contributed by atoms with Crippen LogP contribution in [0.3, 0.4) is 0 Å². The van der Waals surface area contributed by atoms with E-state index in [0.717, 1.165) is 0 Å². The van der Waals surface area contributed by atoms with Gasteiger partial charge in [-0.3, -0.25) is 9.59 Å². The highest BCUT2D eigenvalue weighted by Gasteiger charge is 2.25. The van der Waals surface area contributed by atoms with E-state index in [0.29, 0.717) is 44.4 Å². The zero-order valence-corrected chi connectivity index (χ0v) is 17.5. The van der Waals surface area contributed by atoms with Gasteiger partial charge in [-0.2, -0.15) is 0 Å². The molecule has 26 heavy (non-hydrogen) atoms. The van der Waals surface area contributed by atoms with Crippen molar-refractivity contribution in [3.8, 4) is 0 Å². The highest BCUT2D eigenvalue weighted by molar-refractivity contribution is 14.0. The zero-order chi connectivity index (χ0) is 18.2. The molecule has 1 fully saturated rings. The number of carbonyl (C=O) groups excluding carboxylic acids is 2. The maximum absolute atomic E-state index is 12.3. The van der Waals surface area contributed by atoms with Crippen LogP contribution >= 0.6 is 24.0 Å². The third-order valence-corrected chi connectivity index (χ3v) is 3.87. The molecule has 2 heterocycles. The van der Waals surface area contributed by atoms with Gasteiger partial charge in [-0.25, -0.2) is 4.99 Å². The van der Waals surface area contributed by atoms with Crippen molar-refractivity contribution in [1.82, 2.24) is 20.0 Å². The van der Waals surface area contributed by atoms with E-state index >= 15 is 0 Å². The normalized spacial score (nSPS) is 14.5. The fraction of sp³-hybridized carbons (Fsp3) is 0.471. The third kappa shape index (κ3) is 6.04. The Hall–Kier alpha value is -2.04. The molecule has 144 valence electrons. The number of guanidine groups is 1. The minimum atomic E-state index is -0.107. The molecule has 2 rings (SSSR count). The highest BCUT2D eigenvalue weighted by Crippen LogP contribution is 2.09. The standard InChI is InChI=1S/C17H25N5O3.HI/c1-4-7-18-17(19-13-15(23)20(2)3)22-10-8-21(9-11-22)16(24)14-6-5-12-25-14;/h4-6,12H,1,7-11,13H2,2-3H3,(H,18,19);1H. The summed E-state index contributed by atoms with van der Waals surface area (Å²) in [7, 11) is 3.40. The Bertz CT molecular complexity index is 622. The number of carbonyl (C=O) groups is 2. The Morgan fingerprint density at radius 1 is 1.31 bits per heavy atom. The van der Waals surface area contributed by atoms with E-state index < -0.39 is 0 Å². The molecule has 0 unspecified atom stereocenters. The zero-order valence-electron chi connectivity index (χ0n) is 15.2. The molecule has 1 N–H and O–H groups in total. The van der Waals surface area contributed by atoms with Crippen LogP contribution in [0.25, 0.3) is 0 Å². The molecule has 8 nitrogen and oxygen atoms in total. The van der Waals surface area contributed by atoms with Gasteiger partial charge >= 0.3 is 0 Å². The first-order valence-electron chi connectivity index (χ1n) is 8.20. The number of likely N-dealkylation sites (N-methyl/N-ethyl adjacent to an activating group) is 1. The summed E-state index contributed by atoms with van der Waals surface area (Å²) >= 11 is 0. The lowest BCUT2D eigenvalue weighted by molar-refractivity contribution is -0.127. The van der Waals surface area contributed by atoms with Crippen molar-refractivity contribution < 1.29 is 14.0 Å². The van der Waals surface area contributed by atoms with E-state index in [9.17, 15) is 9.59 Å². The number of nitrogens with one attached hydrogen (secondary N) is 1. The molecule has 1 aliphatic rings. The SMILES string of the molecule is C=CCNC(=NCC(=O)N(C)C)N1CCN(C(=O)c2ccco2)CC1.I. The van der Waals surface area contributed by atoms with Gasteiger partial charge in [0, 0.05) is 46.8 Å². The van der Waals surface area contributed by atoms with E-state index in [1.807, 2.05) is 4.90 Å². The molecule has 2 amide bonds. The average molecular weight is 475 g/mol. The van der Waals surface area contributed by atoms with Crippen LogP contribution in [0.2, 0.25) is 0 Å². The maximum Gasteiger partial charge on any atom is 0.289 e. The van der Waals surface area contributed by atoms with Crippen LogP contribution < -0.4 is 5.32 Å². The number of aliphatic imine (C=N–C) groups is 1. The van der Waals surface area contributed by atoms with Gasteiger partial charge in [0.2, 0.25) is 5.91 Å². The van der Waals surface area contributed by atoms with E-state index in [-0.39, 0.29) is 42.3 Å². The first-order valence-corrected chi connectivity index (χ1v) is 8.20. The van der Waals surface area contributed by atoms with Crippen LogP contribution in [0.5, 0.6) is 0 Å². The van der Waals surface area contributed by atoms with Gasteiger partial charge in [0.05, 0.1) is 6.26 Å². The number of hydrogen-bond acceptors (Lipinski definition) is 4. The van der Waals surface area contributed by atoms with Crippen LogP contribution in [-0.2, 0) is 4.79 Å². The van der Waals surface area contributed by atoms with Crippen molar-refractivity contribution in [2.75, 3.05) is 53.4 Å². The Kier molecular flexibility index (Phi) is 9.17. The summed E-state index contributed by atoms with van der Waals surface area (Å²) in [5.74, 6) is 0.832. The Morgan fingerprint density at radius 2 is 1.96 bits per heavy atom. The quantitative estimate of drug-likeness (QED) is 0.296. The molecule has 0 spiro atoms. The second-order valence-corrected chi connectivity index (χ2v) is 5.85. The number of hydrogen-bond donors (Lipinski definition) is 1. The number of piperazine rings is 1. The number of amides is 2. The van der Waals surface area contributed by atoms with E-state index in [2.05, 4.69) is 16.9 Å². The lowest BCUT2D eigenvalue weighted by atomic mass is 10.3. The fourth-order valence-electron chi connectivity index (χ4n) is 2.39. The first-order chi connectivity index (χ1) is 12.0. The minimum Gasteiger partial charge on any atom is -0.459 e. The molecule has 0 aromatic carbocycles. The predicted molar refractivity (Wildman–Crippen MR) is 111 cm³/mol. The van der Waals surface area contributed by atoms with Crippen LogP contribution in [0.4, 0.5) is 0 Å². The van der Waals surface area contributed by atoms with Crippen molar-refractivity contribution >= 4 is 41.8 Å². The van der Waals surface area contributed by atoms with Crippen LogP contribution in [0, 0.1) is 0 Å². The summed E-state index contributed by atoms with van der Waals surface area (Å²) in [6.45, 7) is 6.72. The topological polar surface area (TPSA) is 81.4 Å². The molecule has 0 atom stereocenters. The van der Waals surface area contributed by atoms with Gasteiger partial charge in [0.1, 0.15) is 6.54 Å². The van der Waals surface area contributed by atoms with Gasteiger partial charge < -0.3 is 24.4 Å². The minimum absolute atomic E-state index is 0. The summed E-state index contributed by atoms with van der Waals surface area (Å²) in [6, 6.07) is 3.37. The summed E-state index contributed by atoms with van der Waals surface area (Å²) in [5.41, 5.74) is 0. The maximum atomic E-state index is 12.3. The molecule has 0 bridgehead atoms. The molecule has 0 aliphatic carbocycles. The molecule has 1 saturated heterocycles. The Labute approximate surface area is 170 Å². The second-order valence-electron chi connectivity index (χ2n) is 5.85. The van der Waals surface area contributed by atoms with Crippen molar-refractivity contribution in [3.63, 3.8) is 0 Å². The van der Waals surface area contributed by atoms with Crippen molar-refractivity contribution in [1.29, 1.82) is 0 Å². The van der Waals surface area contributed by atoms with E-state index in [1.54, 1.807) is 37.2 Å². The highest BCUT2D eigenvalue weighted by atomic mass is 127. The largest absolute Gasteiger partial charge is 0.459 e. The molecule has 0 saturated carbocycles.